The first-order valence-corrected chi connectivity index (χ1v) is 9.21. The van der Waals surface area contributed by atoms with Crippen molar-refractivity contribution in [2.45, 2.75) is 19.4 Å². The van der Waals surface area contributed by atoms with Gasteiger partial charge in [-0.2, -0.15) is 0 Å². The van der Waals surface area contributed by atoms with Gasteiger partial charge in [0.15, 0.2) is 6.10 Å². The maximum Gasteiger partial charge on any atom is 0.263 e. The standard InChI is InChI=1S/C21H25FN2O3/c1-3-19(27-17-10-8-16(22)9-11-17)21(25)24-14-12-23(13-15-24)18-6-4-5-7-20(18)26-2/h4-11,19H,3,12-15H2,1-2H3. The molecule has 5 nitrogen and oxygen atoms in total. The number of ether oxygens (including phenoxy) is 2. The molecule has 1 amide bonds. The van der Waals surface area contributed by atoms with E-state index in [4.69, 9.17) is 9.47 Å². The molecule has 1 aliphatic rings. The number of hydrogen-bond acceptors (Lipinski definition) is 4. The van der Waals surface area contributed by atoms with Crippen LogP contribution in [0.5, 0.6) is 11.5 Å². The van der Waals surface area contributed by atoms with E-state index in [9.17, 15) is 9.18 Å². The van der Waals surface area contributed by atoms with Gasteiger partial charge < -0.3 is 19.3 Å². The van der Waals surface area contributed by atoms with E-state index in [1.54, 1.807) is 19.2 Å². The Kier molecular flexibility index (Phi) is 6.16. The number of nitrogens with zero attached hydrogens (tertiary/aromatic N) is 2. The summed E-state index contributed by atoms with van der Waals surface area (Å²) < 4.78 is 24.3. The number of carbonyl (C=O) groups excluding carboxylic acids is 1. The molecule has 6 heteroatoms. The average Bonchev–Trinajstić information content (AvgIpc) is 2.73. The van der Waals surface area contributed by atoms with Gasteiger partial charge in [-0.25, -0.2) is 4.39 Å². The van der Waals surface area contributed by atoms with Crippen LogP contribution < -0.4 is 14.4 Å². The topological polar surface area (TPSA) is 42.0 Å². The summed E-state index contributed by atoms with van der Waals surface area (Å²) in [6, 6.07) is 13.7. The number of para-hydroxylation sites is 2. The van der Waals surface area contributed by atoms with Crippen LogP contribution >= 0.6 is 0 Å². The summed E-state index contributed by atoms with van der Waals surface area (Å²) in [5, 5.41) is 0. The summed E-state index contributed by atoms with van der Waals surface area (Å²) in [5.41, 5.74) is 1.04. The van der Waals surface area contributed by atoms with Crippen molar-refractivity contribution < 1.29 is 18.7 Å². The molecule has 0 bridgehead atoms. The minimum absolute atomic E-state index is 0.0264. The Hall–Kier alpha value is -2.76. The van der Waals surface area contributed by atoms with Crippen LogP contribution in [0.15, 0.2) is 48.5 Å². The Labute approximate surface area is 159 Å². The molecule has 1 saturated heterocycles. The third-order valence-corrected chi connectivity index (χ3v) is 4.76. The molecule has 0 N–H and O–H groups in total. The zero-order valence-electron chi connectivity index (χ0n) is 15.7. The molecule has 2 aromatic rings. The number of hydrogen-bond donors (Lipinski definition) is 0. The van der Waals surface area contributed by atoms with Crippen molar-refractivity contribution >= 4 is 11.6 Å². The fourth-order valence-electron chi connectivity index (χ4n) is 3.25. The highest BCUT2D eigenvalue weighted by atomic mass is 19.1. The third kappa shape index (κ3) is 4.51. The van der Waals surface area contributed by atoms with Gasteiger partial charge in [0.25, 0.3) is 5.91 Å². The van der Waals surface area contributed by atoms with Crippen molar-refractivity contribution in [1.82, 2.24) is 4.90 Å². The molecule has 1 fully saturated rings. The summed E-state index contributed by atoms with van der Waals surface area (Å²) in [5.74, 6) is 0.989. The Morgan fingerprint density at radius 1 is 1.07 bits per heavy atom. The molecule has 0 spiro atoms. The minimum atomic E-state index is -0.562. The van der Waals surface area contributed by atoms with Crippen molar-refractivity contribution in [2.24, 2.45) is 0 Å². The van der Waals surface area contributed by atoms with Gasteiger partial charge in [-0.3, -0.25) is 4.79 Å². The molecule has 1 unspecified atom stereocenters. The molecule has 1 heterocycles. The van der Waals surface area contributed by atoms with Gasteiger partial charge in [0.05, 0.1) is 12.8 Å². The molecule has 1 atom stereocenters. The number of anilines is 1. The van der Waals surface area contributed by atoms with Crippen LogP contribution in [-0.2, 0) is 4.79 Å². The molecule has 0 saturated carbocycles. The second-order valence-corrected chi connectivity index (χ2v) is 6.45. The first-order valence-electron chi connectivity index (χ1n) is 9.21. The normalized spacial score (nSPS) is 15.4. The van der Waals surface area contributed by atoms with Crippen LogP contribution in [0.2, 0.25) is 0 Å². The van der Waals surface area contributed by atoms with E-state index in [0.29, 0.717) is 25.3 Å². The van der Waals surface area contributed by atoms with E-state index in [2.05, 4.69) is 4.90 Å². The quantitative estimate of drug-likeness (QED) is 0.780. The van der Waals surface area contributed by atoms with E-state index in [1.165, 1.54) is 12.1 Å². The van der Waals surface area contributed by atoms with Crippen LogP contribution in [-0.4, -0.2) is 50.2 Å². The molecular weight excluding hydrogens is 347 g/mol. The lowest BCUT2D eigenvalue weighted by Crippen LogP contribution is -2.52. The molecule has 0 aliphatic carbocycles. The summed E-state index contributed by atoms with van der Waals surface area (Å²) in [6.07, 6.45) is -0.00332. The number of methoxy groups -OCH3 is 1. The van der Waals surface area contributed by atoms with Gasteiger partial charge in [-0.05, 0) is 42.8 Å². The zero-order valence-corrected chi connectivity index (χ0v) is 15.7. The fourth-order valence-corrected chi connectivity index (χ4v) is 3.25. The van der Waals surface area contributed by atoms with Crippen LogP contribution in [0, 0.1) is 5.82 Å². The van der Waals surface area contributed by atoms with Crippen molar-refractivity contribution in [3.05, 3.63) is 54.3 Å². The van der Waals surface area contributed by atoms with Gasteiger partial charge in [-0.15, -0.1) is 0 Å². The van der Waals surface area contributed by atoms with Gasteiger partial charge in [0.1, 0.15) is 17.3 Å². The largest absolute Gasteiger partial charge is 0.495 e. The summed E-state index contributed by atoms with van der Waals surface area (Å²) in [6.45, 7) is 4.63. The molecule has 0 radical (unpaired) electrons. The number of piperazine rings is 1. The highest BCUT2D eigenvalue weighted by Gasteiger charge is 2.28. The highest BCUT2D eigenvalue weighted by molar-refractivity contribution is 5.81. The number of rotatable bonds is 6. The number of benzene rings is 2. The molecule has 144 valence electrons. The van der Waals surface area contributed by atoms with Crippen molar-refractivity contribution in [2.75, 3.05) is 38.2 Å². The average molecular weight is 372 g/mol. The first kappa shape index (κ1) is 19.0. The molecule has 3 rings (SSSR count). The number of amides is 1. The Balaban J connectivity index is 1.60. The van der Waals surface area contributed by atoms with Crippen molar-refractivity contribution in [3.63, 3.8) is 0 Å². The minimum Gasteiger partial charge on any atom is -0.495 e. The smallest absolute Gasteiger partial charge is 0.263 e. The second kappa shape index (κ2) is 8.75. The summed E-state index contributed by atoms with van der Waals surface area (Å²) >= 11 is 0. The van der Waals surface area contributed by atoms with E-state index >= 15 is 0 Å². The molecular formula is C21H25FN2O3. The maximum atomic E-state index is 13.0. The maximum absolute atomic E-state index is 13.0. The fraction of sp³-hybridized carbons (Fsp3) is 0.381. The lowest BCUT2D eigenvalue weighted by Gasteiger charge is -2.37. The Morgan fingerprint density at radius 3 is 2.37 bits per heavy atom. The predicted octanol–water partition coefficient (Wildman–Crippen LogP) is 3.34. The predicted molar refractivity (Wildman–Crippen MR) is 103 cm³/mol. The van der Waals surface area contributed by atoms with E-state index in [-0.39, 0.29) is 11.7 Å². The van der Waals surface area contributed by atoms with Crippen LogP contribution in [0.25, 0.3) is 0 Å². The van der Waals surface area contributed by atoms with Crippen molar-refractivity contribution in [1.29, 1.82) is 0 Å². The Bertz CT molecular complexity index is 758. The third-order valence-electron chi connectivity index (χ3n) is 4.76. The molecule has 1 aliphatic heterocycles. The van der Waals surface area contributed by atoms with Gasteiger partial charge in [-0.1, -0.05) is 19.1 Å². The van der Waals surface area contributed by atoms with Crippen LogP contribution in [0.3, 0.4) is 0 Å². The first-order chi connectivity index (χ1) is 13.1. The van der Waals surface area contributed by atoms with E-state index < -0.39 is 6.10 Å². The van der Waals surface area contributed by atoms with Gasteiger partial charge in [0.2, 0.25) is 0 Å². The molecule has 0 aromatic heterocycles. The van der Waals surface area contributed by atoms with Gasteiger partial charge in [0, 0.05) is 26.2 Å². The second-order valence-electron chi connectivity index (χ2n) is 6.45. The number of carbonyl (C=O) groups is 1. The van der Waals surface area contributed by atoms with Crippen molar-refractivity contribution in [3.8, 4) is 11.5 Å². The monoisotopic (exact) mass is 372 g/mol. The molecule has 27 heavy (non-hydrogen) atoms. The SMILES string of the molecule is CCC(Oc1ccc(F)cc1)C(=O)N1CCN(c2ccccc2OC)CC1. The lowest BCUT2D eigenvalue weighted by atomic mass is 10.2. The summed E-state index contributed by atoms with van der Waals surface area (Å²) in [7, 11) is 1.66. The lowest BCUT2D eigenvalue weighted by molar-refractivity contribution is -0.139. The van der Waals surface area contributed by atoms with Crippen LogP contribution in [0.1, 0.15) is 13.3 Å². The van der Waals surface area contributed by atoms with Gasteiger partial charge >= 0.3 is 0 Å². The zero-order chi connectivity index (χ0) is 19.2. The Morgan fingerprint density at radius 2 is 1.74 bits per heavy atom. The number of halogens is 1. The van der Waals surface area contributed by atoms with E-state index in [0.717, 1.165) is 24.5 Å². The summed E-state index contributed by atoms with van der Waals surface area (Å²) in [4.78, 5) is 16.9. The highest BCUT2D eigenvalue weighted by Crippen LogP contribution is 2.28. The molecule has 2 aromatic carbocycles. The van der Waals surface area contributed by atoms with E-state index in [1.807, 2.05) is 36.1 Å². The van der Waals surface area contributed by atoms with Crippen LogP contribution in [0.4, 0.5) is 10.1 Å².